The summed E-state index contributed by atoms with van der Waals surface area (Å²) in [5.74, 6) is -0.0543. The predicted molar refractivity (Wildman–Crippen MR) is 94.7 cm³/mol. The third-order valence-electron chi connectivity index (χ3n) is 4.24. The Labute approximate surface area is 141 Å². The lowest BCUT2D eigenvalue weighted by atomic mass is 9.83. The normalized spacial score (nSPS) is 11.0. The van der Waals surface area contributed by atoms with E-state index in [4.69, 9.17) is 0 Å². The number of phenolic OH excluding ortho intramolecular Hbond substituents is 3. The predicted octanol–water partition coefficient (Wildman–Crippen LogP) is 4.60. The second-order valence-electron chi connectivity index (χ2n) is 6.12. The SMILES string of the molecule is Cc1ccc(C(c2ccccc2O)c2ccc(C)cc2O)c(O)c1. The number of aryl methyl sites for hydroxylation is 2. The van der Waals surface area contributed by atoms with Crippen LogP contribution in [0, 0.1) is 13.8 Å². The summed E-state index contributed by atoms with van der Waals surface area (Å²) >= 11 is 0. The summed E-state index contributed by atoms with van der Waals surface area (Å²) in [6.45, 7) is 3.81. The maximum Gasteiger partial charge on any atom is 0.120 e. The van der Waals surface area contributed by atoms with Crippen LogP contribution in [-0.2, 0) is 0 Å². The van der Waals surface area contributed by atoms with Crippen molar-refractivity contribution in [2.45, 2.75) is 19.8 Å². The topological polar surface area (TPSA) is 60.7 Å². The van der Waals surface area contributed by atoms with Crippen LogP contribution < -0.4 is 0 Å². The maximum atomic E-state index is 10.5. The summed E-state index contributed by atoms with van der Waals surface area (Å²) in [6.07, 6.45) is 0. The minimum Gasteiger partial charge on any atom is -0.508 e. The molecular formula is C21H20O3. The van der Waals surface area contributed by atoms with E-state index in [1.807, 2.05) is 44.2 Å². The largest absolute Gasteiger partial charge is 0.508 e. The molecule has 3 aromatic carbocycles. The third-order valence-corrected chi connectivity index (χ3v) is 4.24. The molecule has 0 radical (unpaired) electrons. The molecule has 0 saturated carbocycles. The van der Waals surface area contributed by atoms with Crippen molar-refractivity contribution in [3.63, 3.8) is 0 Å². The molecule has 3 rings (SSSR count). The lowest BCUT2D eigenvalue weighted by Crippen LogP contribution is -2.05. The van der Waals surface area contributed by atoms with Crippen LogP contribution in [0.5, 0.6) is 17.2 Å². The zero-order chi connectivity index (χ0) is 17.3. The van der Waals surface area contributed by atoms with Gasteiger partial charge >= 0.3 is 0 Å². The summed E-state index contributed by atoms with van der Waals surface area (Å²) < 4.78 is 0. The van der Waals surface area contributed by atoms with E-state index in [1.54, 1.807) is 30.3 Å². The van der Waals surface area contributed by atoms with Gasteiger partial charge in [0.05, 0.1) is 0 Å². The van der Waals surface area contributed by atoms with E-state index >= 15 is 0 Å². The Bertz CT molecular complexity index is 833. The summed E-state index contributed by atoms with van der Waals surface area (Å²) in [5, 5.41) is 31.2. The summed E-state index contributed by atoms with van der Waals surface area (Å²) in [7, 11) is 0. The van der Waals surface area contributed by atoms with Crippen molar-refractivity contribution in [2.75, 3.05) is 0 Å². The van der Waals surface area contributed by atoms with Crippen LogP contribution in [0.2, 0.25) is 0 Å². The van der Waals surface area contributed by atoms with Crippen molar-refractivity contribution in [1.82, 2.24) is 0 Å². The Morgan fingerprint density at radius 2 is 1.04 bits per heavy atom. The Kier molecular flexibility index (Phi) is 4.17. The van der Waals surface area contributed by atoms with Gasteiger partial charge in [0.2, 0.25) is 0 Å². The summed E-state index contributed by atoms with van der Waals surface area (Å²) in [6, 6.07) is 17.9. The van der Waals surface area contributed by atoms with E-state index in [0.29, 0.717) is 16.7 Å². The van der Waals surface area contributed by atoms with Crippen LogP contribution in [0.15, 0.2) is 60.7 Å². The molecule has 0 aliphatic heterocycles. The van der Waals surface area contributed by atoms with Crippen molar-refractivity contribution in [2.24, 2.45) is 0 Å². The van der Waals surface area contributed by atoms with E-state index in [-0.39, 0.29) is 17.2 Å². The van der Waals surface area contributed by atoms with Crippen molar-refractivity contribution < 1.29 is 15.3 Å². The van der Waals surface area contributed by atoms with Gasteiger partial charge in [-0.1, -0.05) is 42.5 Å². The lowest BCUT2D eigenvalue weighted by Gasteiger charge is -2.22. The van der Waals surface area contributed by atoms with Crippen molar-refractivity contribution in [3.05, 3.63) is 88.5 Å². The Morgan fingerprint density at radius 3 is 1.50 bits per heavy atom. The molecule has 0 aliphatic rings. The molecule has 0 spiro atoms. The minimum absolute atomic E-state index is 0.127. The quantitative estimate of drug-likeness (QED) is 0.618. The van der Waals surface area contributed by atoms with Crippen LogP contribution in [-0.4, -0.2) is 15.3 Å². The summed E-state index contributed by atoms with van der Waals surface area (Å²) in [4.78, 5) is 0. The maximum absolute atomic E-state index is 10.5. The molecule has 3 aromatic rings. The van der Waals surface area contributed by atoms with Crippen molar-refractivity contribution >= 4 is 0 Å². The lowest BCUT2D eigenvalue weighted by molar-refractivity contribution is 0.450. The molecule has 0 amide bonds. The van der Waals surface area contributed by atoms with Crippen molar-refractivity contribution in [1.29, 1.82) is 0 Å². The first kappa shape index (κ1) is 15.9. The monoisotopic (exact) mass is 320 g/mol. The summed E-state index contributed by atoms with van der Waals surface area (Å²) in [5.41, 5.74) is 3.80. The van der Waals surface area contributed by atoms with E-state index in [2.05, 4.69) is 0 Å². The molecule has 0 saturated heterocycles. The van der Waals surface area contributed by atoms with Crippen LogP contribution in [0.4, 0.5) is 0 Å². The van der Waals surface area contributed by atoms with Gasteiger partial charge in [-0.3, -0.25) is 0 Å². The first-order valence-electron chi connectivity index (χ1n) is 7.84. The molecule has 122 valence electrons. The van der Waals surface area contributed by atoms with Gasteiger partial charge in [-0.2, -0.15) is 0 Å². The Hall–Kier alpha value is -2.94. The molecule has 3 heteroatoms. The molecule has 0 bridgehead atoms. The van der Waals surface area contributed by atoms with Gasteiger partial charge in [0.25, 0.3) is 0 Å². The second-order valence-corrected chi connectivity index (χ2v) is 6.12. The molecule has 0 aromatic heterocycles. The first-order valence-corrected chi connectivity index (χ1v) is 7.84. The van der Waals surface area contributed by atoms with Gasteiger partial charge in [0, 0.05) is 22.6 Å². The smallest absolute Gasteiger partial charge is 0.120 e. The molecule has 0 atom stereocenters. The highest BCUT2D eigenvalue weighted by Crippen LogP contribution is 2.43. The Morgan fingerprint density at radius 1 is 0.583 bits per heavy atom. The highest BCUT2D eigenvalue weighted by molar-refractivity contribution is 5.56. The van der Waals surface area contributed by atoms with Crippen LogP contribution in [0.3, 0.4) is 0 Å². The molecular weight excluding hydrogens is 300 g/mol. The van der Waals surface area contributed by atoms with Crippen molar-refractivity contribution in [3.8, 4) is 17.2 Å². The zero-order valence-electron chi connectivity index (χ0n) is 13.7. The van der Waals surface area contributed by atoms with E-state index in [9.17, 15) is 15.3 Å². The fourth-order valence-electron chi connectivity index (χ4n) is 3.03. The molecule has 3 nitrogen and oxygen atoms in total. The molecule has 0 heterocycles. The average Bonchev–Trinajstić information content (AvgIpc) is 2.52. The van der Waals surface area contributed by atoms with Gasteiger partial charge in [0.1, 0.15) is 17.2 Å². The minimum atomic E-state index is -0.465. The third kappa shape index (κ3) is 2.93. The number of hydrogen-bond donors (Lipinski definition) is 3. The number of hydrogen-bond acceptors (Lipinski definition) is 3. The second kappa shape index (κ2) is 6.28. The average molecular weight is 320 g/mol. The van der Waals surface area contributed by atoms with Gasteiger partial charge in [0.15, 0.2) is 0 Å². The van der Waals surface area contributed by atoms with Gasteiger partial charge in [-0.25, -0.2) is 0 Å². The van der Waals surface area contributed by atoms with E-state index < -0.39 is 5.92 Å². The molecule has 0 fully saturated rings. The fraction of sp³-hybridized carbons (Fsp3) is 0.143. The fourth-order valence-corrected chi connectivity index (χ4v) is 3.03. The number of rotatable bonds is 3. The molecule has 24 heavy (non-hydrogen) atoms. The highest BCUT2D eigenvalue weighted by Gasteiger charge is 2.25. The standard InChI is InChI=1S/C21H20O3/c1-13-7-9-16(19(23)11-13)21(15-5-3-4-6-18(15)22)17-10-8-14(2)12-20(17)24/h3-12,21-24H,1-2H3. The first-order chi connectivity index (χ1) is 11.5. The van der Waals surface area contributed by atoms with Crippen LogP contribution in [0.25, 0.3) is 0 Å². The molecule has 0 unspecified atom stereocenters. The van der Waals surface area contributed by atoms with E-state index in [0.717, 1.165) is 11.1 Å². The highest BCUT2D eigenvalue weighted by atomic mass is 16.3. The molecule has 3 N–H and O–H groups in total. The number of benzene rings is 3. The van der Waals surface area contributed by atoms with Crippen LogP contribution >= 0.6 is 0 Å². The number of phenols is 3. The number of para-hydroxylation sites is 1. The van der Waals surface area contributed by atoms with E-state index in [1.165, 1.54) is 0 Å². The number of aromatic hydroxyl groups is 3. The molecule has 0 aliphatic carbocycles. The van der Waals surface area contributed by atoms with Gasteiger partial charge < -0.3 is 15.3 Å². The van der Waals surface area contributed by atoms with Gasteiger partial charge in [-0.05, 0) is 43.2 Å². The van der Waals surface area contributed by atoms with Gasteiger partial charge in [-0.15, -0.1) is 0 Å². The van der Waals surface area contributed by atoms with Crippen LogP contribution in [0.1, 0.15) is 33.7 Å². The Balaban J connectivity index is 2.27. The zero-order valence-corrected chi connectivity index (χ0v) is 13.7.